The van der Waals surface area contributed by atoms with Crippen LogP contribution in [0, 0.1) is 0 Å². The lowest BCUT2D eigenvalue weighted by Gasteiger charge is -2.27. The van der Waals surface area contributed by atoms with E-state index in [0.29, 0.717) is 0 Å². The lowest BCUT2D eigenvalue weighted by molar-refractivity contribution is -0.143. The smallest absolute Gasteiger partial charge is 0.325 e. The van der Waals surface area contributed by atoms with Crippen LogP contribution in [0.1, 0.15) is 37.3 Å². The molecule has 0 saturated carbocycles. The third-order valence-corrected chi connectivity index (χ3v) is 3.90. The number of benzene rings is 1. The van der Waals surface area contributed by atoms with E-state index in [-0.39, 0.29) is 0 Å². The van der Waals surface area contributed by atoms with Crippen LogP contribution in [0.5, 0.6) is 0 Å². The molecule has 1 aliphatic heterocycles. The summed E-state index contributed by atoms with van der Waals surface area (Å²) in [6, 6.07) is 7.11. The monoisotopic (exact) mass is 311 g/mol. The van der Waals surface area contributed by atoms with Crippen molar-refractivity contribution < 1.29 is 9.90 Å². The quantitative estimate of drug-likeness (QED) is 0.929. The largest absolute Gasteiger partial charge is 0.480 e. The maximum atomic E-state index is 11.6. The molecule has 0 amide bonds. The molecule has 0 spiro atoms. The highest BCUT2D eigenvalue weighted by Gasteiger charge is 2.27. The third-order valence-electron chi connectivity index (χ3n) is 3.40. The van der Waals surface area contributed by atoms with E-state index in [4.69, 9.17) is 0 Å². The van der Waals surface area contributed by atoms with Crippen molar-refractivity contribution in [2.24, 2.45) is 0 Å². The van der Waals surface area contributed by atoms with Crippen LogP contribution < -0.4 is 0 Å². The second kappa shape index (κ2) is 6.34. The zero-order valence-corrected chi connectivity index (χ0v) is 11.9. The summed E-state index contributed by atoms with van der Waals surface area (Å²) >= 11 is 3.41. The second-order valence-electron chi connectivity index (χ2n) is 4.75. The average Bonchev–Trinajstić information content (AvgIpc) is 2.58. The lowest BCUT2D eigenvalue weighted by Crippen LogP contribution is -2.34. The van der Waals surface area contributed by atoms with Crippen molar-refractivity contribution in [3.05, 3.63) is 34.3 Å². The summed E-state index contributed by atoms with van der Waals surface area (Å²) < 4.78 is 0.932. The van der Waals surface area contributed by atoms with E-state index in [0.717, 1.165) is 36.0 Å². The molecule has 1 unspecified atom stereocenters. The summed E-state index contributed by atoms with van der Waals surface area (Å²) in [5, 5.41) is 9.50. The molecule has 1 atom stereocenters. The summed E-state index contributed by atoms with van der Waals surface area (Å²) in [5.41, 5.74) is 0.860. The first kappa shape index (κ1) is 13.6. The second-order valence-corrected chi connectivity index (χ2v) is 5.66. The topological polar surface area (TPSA) is 40.5 Å². The predicted molar refractivity (Wildman–Crippen MR) is 74.6 cm³/mol. The van der Waals surface area contributed by atoms with Gasteiger partial charge in [0.25, 0.3) is 0 Å². The summed E-state index contributed by atoms with van der Waals surface area (Å²) in [4.78, 5) is 13.7. The number of hydrogen-bond donors (Lipinski definition) is 1. The fourth-order valence-corrected chi connectivity index (χ4v) is 2.96. The van der Waals surface area contributed by atoms with Crippen LogP contribution in [0.25, 0.3) is 0 Å². The van der Waals surface area contributed by atoms with Crippen LogP contribution in [0.2, 0.25) is 0 Å². The minimum absolute atomic E-state index is 0.513. The normalized spacial score (nSPS) is 19.2. The van der Waals surface area contributed by atoms with Gasteiger partial charge in [-0.1, -0.05) is 40.9 Å². The Balaban J connectivity index is 2.24. The summed E-state index contributed by atoms with van der Waals surface area (Å²) in [7, 11) is 0. The number of carbonyl (C=O) groups is 1. The molecule has 2 rings (SSSR count). The molecule has 1 aromatic rings. The lowest BCUT2D eigenvalue weighted by atomic mass is 10.1. The number of carboxylic acid groups (broad SMARTS) is 1. The van der Waals surface area contributed by atoms with Gasteiger partial charge >= 0.3 is 5.97 Å². The molecule has 1 fully saturated rings. The minimum Gasteiger partial charge on any atom is -0.480 e. The molecule has 18 heavy (non-hydrogen) atoms. The van der Waals surface area contributed by atoms with Crippen molar-refractivity contribution in [3.63, 3.8) is 0 Å². The Morgan fingerprint density at radius 1 is 1.22 bits per heavy atom. The molecule has 3 nitrogen and oxygen atoms in total. The van der Waals surface area contributed by atoms with Gasteiger partial charge in [0.2, 0.25) is 0 Å². The number of nitrogens with zero attached hydrogens (tertiary/aromatic N) is 1. The Hall–Kier alpha value is -0.870. The molecule has 4 heteroatoms. The van der Waals surface area contributed by atoms with Crippen molar-refractivity contribution in [2.45, 2.75) is 31.7 Å². The number of carboxylic acids is 1. The summed E-state index contributed by atoms with van der Waals surface area (Å²) in [6.07, 6.45) is 4.61. The van der Waals surface area contributed by atoms with Crippen molar-refractivity contribution in [2.75, 3.05) is 13.1 Å². The van der Waals surface area contributed by atoms with E-state index in [2.05, 4.69) is 20.8 Å². The Morgan fingerprint density at radius 3 is 2.44 bits per heavy atom. The van der Waals surface area contributed by atoms with Crippen molar-refractivity contribution >= 4 is 21.9 Å². The van der Waals surface area contributed by atoms with E-state index in [1.807, 2.05) is 24.3 Å². The molecule has 98 valence electrons. The highest BCUT2D eigenvalue weighted by atomic mass is 79.9. The van der Waals surface area contributed by atoms with Crippen LogP contribution in [0.4, 0.5) is 0 Å². The third kappa shape index (κ3) is 3.33. The SMILES string of the molecule is O=C(O)C(c1cccc(Br)c1)N1CCCCCC1. The molecule has 0 bridgehead atoms. The van der Waals surface area contributed by atoms with Crippen molar-refractivity contribution in [3.8, 4) is 0 Å². The van der Waals surface area contributed by atoms with Crippen molar-refractivity contribution in [1.82, 2.24) is 4.90 Å². The van der Waals surface area contributed by atoms with Gasteiger partial charge in [-0.15, -0.1) is 0 Å². The molecule has 0 aromatic heterocycles. The molecule has 1 aliphatic rings. The predicted octanol–water partition coefficient (Wildman–Crippen LogP) is 3.45. The molecule has 1 heterocycles. The van der Waals surface area contributed by atoms with Crippen LogP contribution >= 0.6 is 15.9 Å². The fraction of sp³-hybridized carbons (Fsp3) is 0.500. The zero-order chi connectivity index (χ0) is 13.0. The Morgan fingerprint density at radius 2 is 1.89 bits per heavy atom. The van der Waals surface area contributed by atoms with Gasteiger partial charge in [-0.3, -0.25) is 9.69 Å². The number of rotatable bonds is 3. The highest BCUT2D eigenvalue weighted by molar-refractivity contribution is 9.10. The van der Waals surface area contributed by atoms with Crippen LogP contribution in [0.3, 0.4) is 0 Å². The van der Waals surface area contributed by atoms with Gasteiger partial charge in [0.05, 0.1) is 0 Å². The van der Waals surface area contributed by atoms with Crippen LogP contribution in [-0.2, 0) is 4.79 Å². The van der Waals surface area contributed by atoms with Gasteiger partial charge in [-0.05, 0) is 43.6 Å². The van der Waals surface area contributed by atoms with E-state index in [9.17, 15) is 9.90 Å². The maximum Gasteiger partial charge on any atom is 0.325 e. The number of aliphatic carboxylic acids is 1. The highest BCUT2D eigenvalue weighted by Crippen LogP contribution is 2.26. The van der Waals surface area contributed by atoms with Gasteiger partial charge in [-0.25, -0.2) is 0 Å². The van der Waals surface area contributed by atoms with Crippen molar-refractivity contribution in [1.29, 1.82) is 0 Å². The molecule has 1 saturated heterocycles. The summed E-state index contributed by atoms with van der Waals surface area (Å²) in [5.74, 6) is -0.755. The van der Waals surface area contributed by atoms with Gasteiger partial charge < -0.3 is 5.11 Å². The Bertz CT molecular complexity index is 414. The molecule has 1 N–H and O–H groups in total. The first-order valence-corrected chi connectivity index (χ1v) is 7.20. The molecular formula is C14H18BrNO2. The first-order chi connectivity index (χ1) is 8.68. The number of likely N-dealkylation sites (tertiary alicyclic amines) is 1. The summed E-state index contributed by atoms with van der Waals surface area (Å²) in [6.45, 7) is 1.76. The molecule has 0 radical (unpaired) electrons. The number of hydrogen-bond acceptors (Lipinski definition) is 2. The van der Waals surface area contributed by atoms with Gasteiger partial charge in [0, 0.05) is 4.47 Å². The standard InChI is InChI=1S/C14H18BrNO2/c15-12-7-5-6-11(10-12)13(14(17)18)16-8-3-1-2-4-9-16/h5-7,10,13H,1-4,8-9H2,(H,17,18). The zero-order valence-electron chi connectivity index (χ0n) is 10.3. The maximum absolute atomic E-state index is 11.6. The average molecular weight is 312 g/mol. The van der Waals surface area contributed by atoms with Crippen LogP contribution in [0.15, 0.2) is 28.7 Å². The number of halogens is 1. The Labute approximate surface area is 116 Å². The first-order valence-electron chi connectivity index (χ1n) is 6.41. The van der Waals surface area contributed by atoms with E-state index in [1.165, 1.54) is 12.8 Å². The molecular weight excluding hydrogens is 294 g/mol. The van der Waals surface area contributed by atoms with E-state index in [1.54, 1.807) is 0 Å². The van der Waals surface area contributed by atoms with E-state index >= 15 is 0 Å². The molecule has 1 aromatic carbocycles. The van der Waals surface area contributed by atoms with Gasteiger partial charge in [0.15, 0.2) is 0 Å². The van der Waals surface area contributed by atoms with E-state index < -0.39 is 12.0 Å². The van der Waals surface area contributed by atoms with Crippen LogP contribution in [-0.4, -0.2) is 29.1 Å². The van der Waals surface area contributed by atoms with Gasteiger partial charge in [-0.2, -0.15) is 0 Å². The Kier molecular flexibility index (Phi) is 4.78. The fourth-order valence-electron chi connectivity index (χ4n) is 2.54. The molecule has 0 aliphatic carbocycles. The van der Waals surface area contributed by atoms with Gasteiger partial charge in [0.1, 0.15) is 6.04 Å². The minimum atomic E-state index is -0.755.